The Balaban J connectivity index is 1.38. The molecular formula is C31H32F4O. The van der Waals surface area contributed by atoms with Gasteiger partial charge in [-0.3, -0.25) is 0 Å². The molecule has 190 valence electrons. The maximum Gasteiger partial charge on any atom is 0.201 e. The highest BCUT2D eigenvalue weighted by atomic mass is 19.2. The summed E-state index contributed by atoms with van der Waals surface area (Å²) in [5, 5.41) is 0. The molecule has 0 saturated heterocycles. The lowest BCUT2D eigenvalue weighted by Gasteiger charge is -2.23. The molecule has 0 saturated carbocycles. The number of hydrogen-bond acceptors (Lipinski definition) is 1. The van der Waals surface area contributed by atoms with Crippen LogP contribution in [0.15, 0.2) is 54.6 Å². The van der Waals surface area contributed by atoms with Crippen LogP contribution in [0.2, 0.25) is 0 Å². The van der Waals surface area contributed by atoms with Crippen molar-refractivity contribution in [3.63, 3.8) is 0 Å². The number of hydrogen-bond donors (Lipinski definition) is 0. The lowest BCUT2D eigenvalue weighted by atomic mass is 9.83. The number of unbranched alkanes of at least 4 members (excludes halogenated alkanes) is 1. The monoisotopic (exact) mass is 496 g/mol. The van der Waals surface area contributed by atoms with Gasteiger partial charge in [-0.2, -0.15) is 4.39 Å². The first-order chi connectivity index (χ1) is 17.4. The SMILES string of the molecule is CCCCOc1ccc(C2=CCC(CCc3ccc(-c4ccc(C)cc4)c(F)c3F)CC2)c(F)c1F. The Kier molecular flexibility index (Phi) is 8.50. The van der Waals surface area contributed by atoms with Gasteiger partial charge in [0.05, 0.1) is 6.61 Å². The number of benzene rings is 3. The van der Waals surface area contributed by atoms with Gasteiger partial charge < -0.3 is 4.74 Å². The first-order valence-corrected chi connectivity index (χ1v) is 12.7. The van der Waals surface area contributed by atoms with Gasteiger partial charge in [0.25, 0.3) is 0 Å². The maximum atomic E-state index is 14.8. The van der Waals surface area contributed by atoms with Crippen LogP contribution < -0.4 is 4.74 Å². The van der Waals surface area contributed by atoms with E-state index in [0.29, 0.717) is 43.4 Å². The van der Waals surface area contributed by atoms with Crippen LogP contribution in [-0.2, 0) is 6.42 Å². The third-order valence-corrected chi connectivity index (χ3v) is 7.01. The molecule has 1 nitrogen and oxygen atoms in total. The van der Waals surface area contributed by atoms with Crippen molar-refractivity contribution in [1.29, 1.82) is 0 Å². The Labute approximate surface area is 210 Å². The summed E-state index contributed by atoms with van der Waals surface area (Å²) in [6, 6.07) is 13.7. The van der Waals surface area contributed by atoms with Crippen LogP contribution in [0, 0.1) is 36.1 Å². The van der Waals surface area contributed by atoms with Crippen molar-refractivity contribution in [3.05, 3.63) is 94.6 Å². The average Bonchev–Trinajstić information content (AvgIpc) is 2.89. The molecule has 0 fully saturated rings. The minimum absolute atomic E-state index is 0.0540. The zero-order valence-electron chi connectivity index (χ0n) is 20.9. The number of rotatable bonds is 9. The maximum absolute atomic E-state index is 14.8. The van der Waals surface area contributed by atoms with E-state index in [1.165, 1.54) is 6.07 Å². The van der Waals surface area contributed by atoms with Crippen molar-refractivity contribution in [2.75, 3.05) is 6.61 Å². The van der Waals surface area contributed by atoms with Crippen molar-refractivity contribution < 1.29 is 22.3 Å². The van der Waals surface area contributed by atoms with Gasteiger partial charge in [-0.25, -0.2) is 13.2 Å². The normalized spacial score (nSPS) is 15.6. The van der Waals surface area contributed by atoms with Gasteiger partial charge in [-0.15, -0.1) is 0 Å². The predicted octanol–water partition coefficient (Wildman–Crippen LogP) is 9.21. The van der Waals surface area contributed by atoms with Gasteiger partial charge in [0.1, 0.15) is 0 Å². The summed E-state index contributed by atoms with van der Waals surface area (Å²) in [6.07, 6.45) is 6.85. The Morgan fingerprint density at radius 2 is 1.56 bits per heavy atom. The molecule has 1 atom stereocenters. The lowest BCUT2D eigenvalue weighted by molar-refractivity contribution is 0.288. The van der Waals surface area contributed by atoms with Gasteiger partial charge in [-0.05, 0) is 80.2 Å². The smallest absolute Gasteiger partial charge is 0.201 e. The second-order valence-electron chi connectivity index (χ2n) is 9.62. The van der Waals surface area contributed by atoms with Gasteiger partial charge in [0.15, 0.2) is 23.2 Å². The van der Waals surface area contributed by atoms with E-state index in [1.54, 1.807) is 30.3 Å². The standard InChI is InChI=1S/C31H32F4O/c1-3-4-19-36-27-18-17-26(30(34)31(27)35)23-12-7-21(8-13-23)9-14-24-15-16-25(29(33)28(24)32)22-10-5-20(2)6-11-22/h5-6,10-12,15-18,21H,3-4,7-9,13-14,19H2,1-2H3. The van der Waals surface area contributed by atoms with Crippen LogP contribution >= 0.6 is 0 Å². The molecule has 0 aliphatic heterocycles. The Morgan fingerprint density at radius 3 is 2.25 bits per heavy atom. The van der Waals surface area contributed by atoms with E-state index in [4.69, 9.17) is 4.74 Å². The quantitative estimate of drug-likeness (QED) is 0.212. The third kappa shape index (κ3) is 5.83. The van der Waals surface area contributed by atoms with Crippen LogP contribution in [-0.4, -0.2) is 6.61 Å². The Morgan fingerprint density at radius 1 is 0.833 bits per heavy atom. The minimum Gasteiger partial charge on any atom is -0.490 e. The summed E-state index contributed by atoms with van der Waals surface area (Å²) >= 11 is 0. The molecule has 0 N–H and O–H groups in total. The molecule has 0 spiro atoms. The van der Waals surface area contributed by atoms with Gasteiger partial charge in [0.2, 0.25) is 5.82 Å². The summed E-state index contributed by atoms with van der Waals surface area (Å²) in [6.45, 7) is 4.31. The summed E-state index contributed by atoms with van der Waals surface area (Å²) in [5.74, 6) is -3.21. The summed E-state index contributed by atoms with van der Waals surface area (Å²) in [5.41, 5.74) is 3.39. The number of halogens is 4. The molecule has 1 aliphatic carbocycles. The van der Waals surface area contributed by atoms with Crippen molar-refractivity contribution in [2.24, 2.45) is 5.92 Å². The Hall–Kier alpha value is -3.08. The molecule has 3 aromatic rings. The highest BCUT2D eigenvalue weighted by molar-refractivity contribution is 5.68. The minimum atomic E-state index is -0.946. The highest BCUT2D eigenvalue weighted by Crippen LogP contribution is 2.36. The summed E-state index contributed by atoms with van der Waals surface area (Å²) in [7, 11) is 0. The van der Waals surface area contributed by atoms with Crippen molar-refractivity contribution >= 4 is 5.57 Å². The van der Waals surface area contributed by atoms with Crippen LogP contribution in [0.3, 0.4) is 0 Å². The van der Waals surface area contributed by atoms with Crippen LogP contribution in [0.25, 0.3) is 16.7 Å². The third-order valence-electron chi connectivity index (χ3n) is 7.01. The number of allylic oxidation sites excluding steroid dienone is 2. The number of aryl methyl sites for hydroxylation is 2. The lowest BCUT2D eigenvalue weighted by Crippen LogP contribution is -2.09. The summed E-state index contributed by atoms with van der Waals surface area (Å²) in [4.78, 5) is 0. The molecule has 1 unspecified atom stereocenters. The second-order valence-corrected chi connectivity index (χ2v) is 9.62. The molecule has 0 bridgehead atoms. The van der Waals surface area contributed by atoms with Crippen LogP contribution in [0.1, 0.15) is 62.1 Å². The van der Waals surface area contributed by atoms with E-state index in [-0.39, 0.29) is 22.8 Å². The molecular weight excluding hydrogens is 464 g/mol. The van der Waals surface area contributed by atoms with Crippen LogP contribution in [0.5, 0.6) is 5.75 Å². The Bertz CT molecular complexity index is 1230. The molecule has 0 aromatic heterocycles. The van der Waals surface area contributed by atoms with Crippen molar-refractivity contribution in [2.45, 2.75) is 58.8 Å². The molecule has 36 heavy (non-hydrogen) atoms. The fraction of sp³-hybridized carbons (Fsp3) is 0.355. The molecule has 5 heteroatoms. The topological polar surface area (TPSA) is 9.23 Å². The molecule has 0 radical (unpaired) electrons. The zero-order valence-corrected chi connectivity index (χ0v) is 20.9. The van der Waals surface area contributed by atoms with E-state index in [9.17, 15) is 17.6 Å². The fourth-order valence-corrected chi connectivity index (χ4v) is 4.71. The molecule has 0 heterocycles. The second kappa shape index (κ2) is 11.8. The predicted molar refractivity (Wildman–Crippen MR) is 137 cm³/mol. The van der Waals surface area contributed by atoms with E-state index in [0.717, 1.165) is 30.4 Å². The van der Waals surface area contributed by atoms with Gasteiger partial charge in [0, 0.05) is 11.1 Å². The molecule has 3 aromatic carbocycles. The largest absolute Gasteiger partial charge is 0.490 e. The first-order valence-electron chi connectivity index (χ1n) is 12.7. The van der Waals surface area contributed by atoms with Gasteiger partial charge >= 0.3 is 0 Å². The highest BCUT2D eigenvalue weighted by Gasteiger charge is 2.22. The molecule has 0 amide bonds. The van der Waals surface area contributed by atoms with E-state index < -0.39 is 23.3 Å². The summed E-state index contributed by atoms with van der Waals surface area (Å²) < 4.78 is 64.1. The molecule has 4 rings (SSSR count). The number of ether oxygens (including phenoxy) is 1. The molecule has 1 aliphatic rings. The van der Waals surface area contributed by atoms with Crippen LogP contribution in [0.4, 0.5) is 17.6 Å². The van der Waals surface area contributed by atoms with Gasteiger partial charge in [-0.1, -0.05) is 61.4 Å². The van der Waals surface area contributed by atoms with Crippen molar-refractivity contribution in [1.82, 2.24) is 0 Å². The van der Waals surface area contributed by atoms with E-state index in [1.807, 2.05) is 32.1 Å². The zero-order chi connectivity index (χ0) is 25.7. The van der Waals surface area contributed by atoms with Crippen molar-refractivity contribution in [3.8, 4) is 16.9 Å². The van der Waals surface area contributed by atoms with E-state index in [2.05, 4.69) is 0 Å². The first kappa shape index (κ1) is 26.0. The van der Waals surface area contributed by atoms with E-state index >= 15 is 0 Å². The average molecular weight is 497 g/mol. The fourth-order valence-electron chi connectivity index (χ4n) is 4.71.